The first-order chi connectivity index (χ1) is 14.7. The van der Waals surface area contributed by atoms with Crippen molar-refractivity contribution in [2.75, 3.05) is 43.9 Å². The molecule has 2 aromatic rings. The number of anilines is 1. The predicted octanol–water partition coefficient (Wildman–Crippen LogP) is 3.00. The lowest BCUT2D eigenvalue weighted by molar-refractivity contribution is 0.180. The van der Waals surface area contributed by atoms with Gasteiger partial charge in [-0.2, -0.15) is 4.31 Å². The van der Waals surface area contributed by atoms with Crippen molar-refractivity contribution in [2.24, 2.45) is 0 Å². The lowest BCUT2D eigenvalue weighted by Gasteiger charge is -2.36. The Hall–Kier alpha value is -2.03. The molecule has 0 N–H and O–H groups in total. The highest BCUT2D eigenvalue weighted by molar-refractivity contribution is 7.89. The van der Waals surface area contributed by atoms with E-state index in [2.05, 4.69) is 41.9 Å². The van der Waals surface area contributed by atoms with Crippen molar-refractivity contribution >= 4 is 15.8 Å². The van der Waals surface area contributed by atoms with E-state index in [0.717, 1.165) is 23.5 Å². The fourth-order valence-corrected chi connectivity index (χ4v) is 5.58. The van der Waals surface area contributed by atoms with E-state index in [-0.39, 0.29) is 5.75 Å². The largest absolute Gasteiger partial charge is 0.378 e. The molecule has 1 saturated heterocycles. The van der Waals surface area contributed by atoms with Crippen LogP contribution in [0.2, 0.25) is 0 Å². The van der Waals surface area contributed by atoms with E-state index >= 15 is 0 Å². The molecule has 0 aliphatic carbocycles. The van der Waals surface area contributed by atoms with Gasteiger partial charge in [-0.1, -0.05) is 30.7 Å². The quantitative estimate of drug-likeness (QED) is 0.621. The van der Waals surface area contributed by atoms with Crippen LogP contribution in [0, 0.1) is 20.8 Å². The molecule has 0 unspecified atom stereocenters. The second-order valence-corrected chi connectivity index (χ2v) is 10.3. The van der Waals surface area contributed by atoms with E-state index in [0.29, 0.717) is 45.0 Å². The second kappa shape index (κ2) is 10.1. The molecular weight excluding hydrogens is 412 g/mol. The summed E-state index contributed by atoms with van der Waals surface area (Å²) in [4.78, 5) is 11.7. The van der Waals surface area contributed by atoms with Crippen molar-refractivity contribution < 1.29 is 13.2 Å². The van der Waals surface area contributed by atoms with Crippen molar-refractivity contribution in [3.63, 3.8) is 0 Å². The number of hydrogen-bond acceptors (Lipinski definition) is 6. The normalized spacial score (nSPS) is 15.5. The zero-order valence-corrected chi connectivity index (χ0v) is 20.1. The summed E-state index contributed by atoms with van der Waals surface area (Å²) in [5.74, 6) is 1.80. The van der Waals surface area contributed by atoms with Crippen LogP contribution in [-0.2, 0) is 27.8 Å². The van der Waals surface area contributed by atoms with Gasteiger partial charge >= 0.3 is 0 Å². The van der Waals surface area contributed by atoms with Gasteiger partial charge < -0.3 is 9.64 Å². The number of sulfonamides is 1. The van der Waals surface area contributed by atoms with Gasteiger partial charge in [-0.05, 0) is 38.3 Å². The molecule has 1 fully saturated rings. The van der Waals surface area contributed by atoms with E-state index in [4.69, 9.17) is 9.72 Å². The van der Waals surface area contributed by atoms with Crippen molar-refractivity contribution in [3.8, 4) is 0 Å². The first-order valence-electron chi connectivity index (χ1n) is 10.9. The Labute approximate surface area is 186 Å². The molecule has 31 heavy (non-hydrogen) atoms. The molecular formula is C23H34N4O3S. The number of nitrogens with zero attached hydrogens (tertiary/aromatic N) is 4. The third-order valence-corrected chi connectivity index (χ3v) is 7.81. The monoisotopic (exact) mass is 446 g/mol. The highest BCUT2D eigenvalue weighted by Crippen LogP contribution is 2.28. The maximum atomic E-state index is 12.5. The Bertz CT molecular complexity index is 1020. The number of ether oxygens (including phenoxy) is 1. The van der Waals surface area contributed by atoms with Crippen LogP contribution in [0.15, 0.2) is 18.2 Å². The van der Waals surface area contributed by atoms with Crippen LogP contribution in [0.3, 0.4) is 0 Å². The van der Waals surface area contributed by atoms with Gasteiger partial charge in [0.25, 0.3) is 0 Å². The van der Waals surface area contributed by atoms with E-state index in [9.17, 15) is 8.42 Å². The van der Waals surface area contributed by atoms with E-state index in [1.807, 2.05) is 13.8 Å². The minimum absolute atomic E-state index is 0.204. The van der Waals surface area contributed by atoms with Crippen molar-refractivity contribution in [2.45, 2.75) is 47.1 Å². The molecule has 0 atom stereocenters. The average Bonchev–Trinajstić information content (AvgIpc) is 2.72. The molecule has 1 aromatic heterocycles. The summed E-state index contributed by atoms with van der Waals surface area (Å²) in [6.45, 7) is 10.6. The number of hydrogen-bond donors (Lipinski definition) is 0. The number of piperazine rings is 1. The van der Waals surface area contributed by atoms with Gasteiger partial charge in [0.2, 0.25) is 10.0 Å². The summed E-state index contributed by atoms with van der Waals surface area (Å²) >= 11 is 0. The van der Waals surface area contributed by atoms with Gasteiger partial charge in [-0.3, -0.25) is 0 Å². The Morgan fingerprint density at radius 1 is 1.06 bits per heavy atom. The van der Waals surface area contributed by atoms with Crippen LogP contribution in [0.4, 0.5) is 5.82 Å². The van der Waals surface area contributed by atoms with Crippen LogP contribution in [0.5, 0.6) is 0 Å². The van der Waals surface area contributed by atoms with Gasteiger partial charge in [0, 0.05) is 45.3 Å². The van der Waals surface area contributed by atoms with E-state index < -0.39 is 10.0 Å². The molecule has 1 aromatic carbocycles. The Morgan fingerprint density at radius 2 is 1.77 bits per heavy atom. The van der Waals surface area contributed by atoms with E-state index in [1.165, 1.54) is 16.7 Å². The Balaban J connectivity index is 1.94. The number of benzene rings is 1. The summed E-state index contributed by atoms with van der Waals surface area (Å²) in [6.07, 6.45) is 1.35. The minimum atomic E-state index is -3.18. The standard InChI is InChI=1S/C23H34N4O3S/c1-6-13-31(28,29)27-11-9-26(10-12-27)23-21(22(16-30-5)24-19(4)25-23)15-20-14-17(2)7-8-18(20)3/h7-8,14H,6,9-13,15-16H2,1-5H3. The predicted molar refractivity (Wildman–Crippen MR) is 124 cm³/mol. The third kappa shape index (κ3) is 5.61. The summed E-state index contributed by atoms with van der Waals surface area (Å²) in [5, 5.41) is 0. The highest BCUT2D eigenvalue weighted by atomic mass is 32.2. The smallest absolute Gasteiger partial charge is 0.214 e. The zero-order valence-electron chi connectivity index (χ0n) is 19.3. The topological polar surface area (TPSA) is 75.6 Å². The molecule has 1 aliphatic rings. The Kier molecular flexibility index (Phi) is 7.67. The fourth-order valence-electron chi connectivity index (χ4n) is 4.08. The van der Waals surface area contributed by atoms with Gasteiger partial charge in [0.1, 0.15) is 11.6 Å². The fraction of sp³-hybridized carbons (Fsp3) is 0.565. The molecule has 1 aliphatic heterocycles. The molecule has 0 amide bonds. The van der Waals surface area contributed by atoms with Gasteiger partial charge in [0.15, 0.2) is 0 Å². The van der Waals surface area contributed by atoms with Gasteiger partial charge in [-0.15, -0.1) is 0 Å². The molecule has 0 saturated carbocycles. The van der Waals surface area contributed by atoms with Crippen LogP contribution in [-0.4, -0.2) is 61.7 Å². The SMILES string of the molecule is CCCS(=O)(=O)N1CCN(c2nc(C)nc(COC)c2Cc2cc(C)ccc2C)CC1. The maximum absolute atomic E-state index is 12.5. The molecule has 3 rings (SSSR count). The van der Waals surface area contributed by atoms with Gasteiger partial charge in [-0.25, -0.2) is 18.4 Å². The molecule has 0 spiro atoms. The summed E-state index contributed by atoms with van der Waals surface area (Å²) in [5.41, 5.74) is 5.65. The summed E-state index contributed by atoms with van der Waals surface area (Å²) in [6, 6.07) is 6.48. The number of aromatic nitrogens is 2. The van der Waals surface area contributed by atoms with Crippen molar-refractivity contribution in [3.05, 3.63) is 52.0 Å². The van der Waals surface area contributed by atoms with Crippen molar-refractivity contribution in [1.82, 2.24) is 14.3 Å². The zero-order chi connectivity index (χ0) is 22.6. The second-order valence-electron chi connectivity index (χ2n) is 8.26. The summed E-state index contributed by atoms with van der Waals surface area (Å²) < 4.78 is 32.0. The van der Waals surface area contributed by atoms with E-state index in [1.54, 1.807) is 11.4 Å². The molecule has 0 bridgehead atoms. The molecule has 7 nitrogen and oxygen atoms in total. The first-order valence-corrected chi connectivity index (χ1v) is 12.5. The maximum Gasteiger partial charge on any atom is 0.214 e. The van der Waals surface area contributed by atoms with Gasteiger partial charge in [0.05, 0.1) is 18.1 Å². The highest BCUT2D eigenvalue weighted by Gasteiger charge is 2.28. The Morgan fingerprint density at radius 3 is 2.42 bits per heavy atom. The third-order valence-electron chi connectivity index (χ3n) is 5.73. The first kappa shape index (κ1) is 23.6. The molecule has 0 radical (unpaired) electrons. The average molecular weight is 447 g/mol. The van der Waals surface area contributed by atoms with Crippen LogP contribution in [0.1, 0.15) is 47.1 Å². The van der Waals surface area contributed by atoms with Crippen LogP contribution in [0.25, 0.3) is 0 Å². The number of methoxy groups -OCH3 is 1. The minimum Gasteiger partial charge on any atom is -0.378 e. The lowest BCUT2D eigenvalue weighted by atomic mass is 9.97. The number of rotatable bonds is 8. The molecule has 8 heteroatoms. The van der Waals surface area contributed by atoms with Crippen LogP contribution < -0.4 is 4.90 Å². The lowest BCUT2D eigenvalue weighted by Crippen LogP contribution is -2.49. The van der Waals surface area contributed by atoms with Crippen LogP contribution >= 0.6 is 0 Å². The molecule has 2 heterocycles. The summed E-state index contributed by atoms with van der Waals surface area (Å²) in [7, 11) is -1.50. The number of aryl methyl sites for hydroxylation is 3. The molecule has 170 valence electrons. The van der Waals surface area contributed by atoms with Crippen molar-refractivity contribution in [1.29, 1.82) is 0 Å².